The van der Waals surface area contributed by atoms with Gasteiger partial charge >= 0.3 is 0 Å². The maximum Gasteiger partial charge on any atom is 0.247 e. The molecule has 3 rings (SSSR count). The molecule has 1 aromatic carbocycles. The SMILES string of the molecule is CC(C)n1nccc1NC(=O)CCc1nnc(-c2ccccc2)o1. The molecule has 1 N–H and O–H groups in total. The molecule has 2 heterocycles. The maximum absolute atomic E-state index is 12.1. The Labute approximate surface area is 139 Å². The molecule has 0 bridgehead atoms. The number of carbonyl (C=O) groups is 1. The molecule has 0 aliphatic heterocycles. The first-order chi connectivity index (χ1) is 11.6. The molecule has 0 aliphatic carbocycles. The van der Waals surface area contributed by atoms with Crippen molar-refractivity contribution in [2.24, 2.45) is 0 Å². The van der Waals surface area contributed by atoms with Crippen LogP contribution in [-0.4, -0.2) is 25.9 Å². The van der Waals surface area contributed by atoms with Gasteiger partial charge < -0.3 is 9.73 Å². The van der Waals surface area contributed by atoms with Gasteiger partial charge in [-0.2, -0.15) is 5.10 Å². The number of aryl methyl sites for hydroxylation is 1. The molecule has 0 spiro atoms. The second kappa shape index (κ2) is 7.08. The molecule has 7 heteroatoms. The van der Waals surface area contributed by atoms with Gasteiger partial charge in [0.1, 0.15) is 5.82 Å². The highest BCUT2D eigenvalue weighted by Crippen LogP contribution is 2.18. The van der Waals surface area contributed by atoms with Crippen molar-refractivity contribution in [2.45, 2.75) is 32.7 Å². The summed E-state index contributed by atoms with van der Waals surface area (Å²) in [6.07, 6.45) is 2.32. The Morgan fingerprint density at radius 3 is 2.75 bits per heavy atom. The summed E-state index contributed by atoms with van der Waals surface area (Å²) in [5.41, 5.74) is 0.863. The van der Waals surface area contributed by atoms with Gasteiger partial charge in [-0.1, -0.05) is 18.2 Å². The molecule has 0 radical (unpaired) electrons. The van der Waals surface area contributed by atoms with E-state index in [1.165, 1.54) is 0 Å². The minimum absolute atomic E-state index is 0.114. The van der Waals surface area contributed by atoms with Crippen LogP contribution in [0, 0.1) is 0 Å². The topological polar surface area (TPSA) is 85.8 Å². The predicted molar refractivity (Wildman–Crippen MR) is 89.3 cm³/mol. The zero-order valence-corrected chi connectivity index (χ0v) is 13.6. The van der Waals surface area contributed by atoms with Crippen molar-refractivity contribution in [3.8, 4) is 11.5 Å². The number of nitrogens with zero attached hydrogens (tertiary/aromatic N) is 4. The number of benzene rings is 1. The van der Waals surface area contributed by atoms with Crippen LogP contribution in [0.5, 0.6) is 0 Å². The molecule has 0 saturated carbocycles. The van der Waals surface area contributed by atoms with E-state index < -0.39 is 0 Å². The lowest BCUT2D eigenvalue weighted by molar-refractivity contribution is -0.116. The number of aromatic nitrogens is 4. The summed E-state index contributed by atoms with van der Waals surface area (Å²) in [6.45, 7) is 4.01. The first-order valence-corrected chi connectivity index (χ1v) is 7.84. The van der Waals surface area contributed by atoms with Crippen molar-refractivity contribution in [1.29, 1.82) is 0 Å². The van der Waals surface area contributed by atoms with E-state index >= 15 is 0 Å². The number of hydrogen-bond donors (Lipinski definition) is 1. The highest BCUT2D eigenvalue weighted by Gasteiger charge is 2.12. The second-order valence-electron chi connectivity index (χ2n) is 5.67. The van der Waals surface area contributed by atoms with E-state index in [2.05, 4.69) is 20.6 Å². The predicted octanol–water partition coefficient (Wildman–Crippen LogP) is 3.09. The Kier molecular flexibility index (Phi) is 4.69. The van der Waals surface area contributed by atoms with Crippen molar-refractivity contribution in [1.82, 2.24) is 20.0 Å². The minimum atomic E-state index is -0.114. The Hall–Kier alpha value is -2.96. The lowest BCUT2D eigenvalue weighted by Crippen LogP contribution is -2.17. The molecular formula is C17H19N5O2. The molecule has 7 nitrogen and oxygen atoms in total. The van der Waals surface area contributed by atoms with Crippen molar-refractivity contribution in [2.75, 3.05) is 5.32 Å². The number of hydrogen-bond acceptors (Lipinski definition) is 5. The Bertz CT molecular complexity index is 807. The average Bonchev–Trinajstić information content (AvgIpc) is 3.23. The van der Waals surface area contributed by atoms with Crippen LogP contribution in [0.2, 0.25) is 0 Å². The van der Waals surface area contributed by atoms with E-state index in [1.54, 1.807) is 16.9 Å². The van der Waals surface area contributed by atoms with Gasteiger partial charge in [0.25, 0.3) is 0 Å². The van der Waals surface area contributed by atoms with Gasteiger partial charge in [-0.3, -0.25) is 4.79 Å². The molecule has 0 saturated heterocycles. The van der Waals surface area contributed by atoms with Gasteiger partial charge in [0, 0.05) is 30.5 Å². The number of carbonyl (C=O) groups excluding carboxylic acids is 1. The van der Waals surface area contributed by atoms with Gasteiger partial charge in [0.15, 0.2) is 0 Å². The van der Waals surface area contributed by atoms with E-state index in [9.17, 15) is 4.79 Å². The van der Waals surface area contributed by atoms with Crippen LogP contribution in [0.1, 0.15) is 32.2 Å². The highest BCUT2D eigenvalue weighted by atomic mass is 16.4. The van der Waals surface area contributed by atoms with Crippen molar-refractivity contribution >= 4 is 11.7 Å². The molecule has 24 heavy (non-hydrogen) atoms. The largest absolute Gasteiger partial charge is 0.421 e. The summed E-state index contributed by atoms with van der Waals surface area (Å²) >= 11 is 0. The van der Waals surface area contributed by atoms with Crippen LogP contribution in [0.25, 0.3) is 11.5 Å². The summed E-state index contributed by atoms with van der Waals surface area (Å²) in [6, 6.07) is 11.5. The molecular weight excluding hydrogens is 306 g/mol. The van der Waals surface area contributed by atoms with Crippen LogP contribution in [0.15, 0.2) is 47.0 Å². The maximum atomic E-state index is 12.1. The van der Waals surface area contributed by atoms with Gasteiger partial charge in [-0.15, -0.1) is 10.2 Å². The van der Waals surface area contributed by atoms with Gasteiger partial charge in [0.2, 0.25) is 17.7 Å². The van der Waals surface area contributed by atoms with Crippen LogP contribution in [0.4, 0.5) is 5.82 Å². The average molecular weight is 325 g/mol. The van der Waals surface area contributed by atoms with Crippen LogP contribution >= 0.6 is 0 Å². The quantitative estimate of drug-likeness (QED) is 0.752. The lowest BCUT2D eigenvalue weighted by Gasteiger charge is -2.11. The van der Waals surface area contributed by atoms with Gasteiger partial charge in [-0.25, -0.2) is 4.68 Å². The normalized spacial score (nSPS) is 11.0. The molecule has 3 aromatic rings. The van der Waals surface area contributed by atoms with Crippen LogP contribution in [-0.2, 0) is 11.2 Å². The third-order valence-electron chi connectivity index (χ3n) is 3.48. The van der Waals surface area contributed by atoms with Crippen LogP contribution < -0.4 is 5.32 Å². The molecule has 1 amide bonds. The second-order valence-corrected chi connectivity index (χ2v) is 5.67. The Balaban J connectivity index is 1.57. The van der Waals surface area contributed by atoms with E-state index in [1.807, 2.05) is 44.2 Å². The fourth-order valence-electron chi connectivity index (χ4n) is 2.30. The van der Waals surface area contributed by atoms with E-state index in [0.717, 1.165) is 5.56 Å². The Morgan fingerprint density at radius 1 is 1.21 bits per heavy atom. The fourth-order valence-corrected chi connectivity index (χ4v) is 2.30. The zero-order valence-electron chi connectivity index (χ0n) is 13.6. The van der Waals surface area contributed by atoms with Crippen molar-refractivity contribution in [3.05, 3.63) is 48.5 Å². The minimum Gasteiger partial charge on any atom is -0.421 e. The van der Waals surface area contributed by atoms with Crippen molar-refractivity contribution in [3.63, 3.8) is 0 Å². The first-order valence-electron chi connectivity index (χ1n) is 7.84. The number of rotatable bonds is 6. The summed E-state index contributed by atoms with van der Waals surface area (Å²) in [7, 11) is 0. The third kappa shape index (κ3) is 3.68. The van der Waals surface area contributed by atoms with E-state index in [4.69, 9.17) is 4.42 Å². The highest BCUT2D eigenvalue weighted by molar-refractivity contribution is 5.89. The van der Waals surface area contributed by atoms with Crippen LogP contribution in [0.3, 0.4) is 0 Å². The smallest absolute Gasteiger partial charge is 0.247 e. The molecule has 0 fully saturated rings. The fraction of sp³-hybridized carbons (Fsp3) is 0.294. The molecule has 2 aromatic heterocycles. The van der Waals surface area contributed by atoms with Crippen molar-refractivity contribution < 1.29 is 9.21 Å². The summed E-state index contributed by atoms with van der Waals surface area (Å²) in [5.74, 6) is 1.48. The zero-order chi connectivity index (χ0) is 16.9. The van der Waals surface area contributed by atoms with E-state index in [0.29, 0.717) is 24.0 Å². The monoisotopic (exact) mass is 325 g/mol. The molecule has 0 atom stereocenters. The molecule has 124 valence electrons. The Morgan fingerprint density at radius 2 is 2.00 bits per heavy atom. The number of nitrogens with one attached hydrogen (secondary N) is 1. The van der Waals surface area contributed by atoms with E-state index in [-0.39, 0.29) is 18.4 Å². The molecule has 0 unspecified atom stereocenters. The standard InChI is InChI=1S/C17H19N5O2/c1-12(2)22-14(10-11-18-22)19-15(23)8-9-16-20-21-17(24-16)13-6-4-3-5-7-13/h3-7,10-12H,8-9H2,1-2H3,(H,19,23). The first kappa shape index (κ1) is 15.9. The number of anilines is 1. The summed E-state index contributed by atoms with van der Waals surface area (Å²) < 4.78 is 7.36. The molecule has 0 aliphatic rings. The lowest BCUT2D eigenvalue weighted by atomic mass is 10.2. The van der Waals surface area contributed by atoms with Gasteiger partial charge in [-0.05, 0) is 26.0 Å². The summed E-state index contributed by atoms with van der Waals surface area (Å²) in [4.78, 5) is 12.1. The van der Waals surface area contributed by atoms with Gasteiger partial charge in [0.05, 0.1) is 6.20 Å². The number of amides is 1. The third-order valence-corrected chi connectivity index (χ3v) is 3.48. The summed E-state index contributed by atoms with van der Waals surface area (Å²) in [5, 5.41) is 15.0.